The van der Waals surface area contributed by atoms with Crippen LogP contribution in [0, 0.1) is 0 Å². The van der Waals surface area contributed by atoms with E-state index in [1.54, 1.807) is 12.1 Å². The summed E-state index contributed by atoms with van der Waals surface area (Å²) in [4.78, 5) is 13.6. The molecule has 0 aliphatic heterocycles. The fraction of sp³-hybridized carbons (Fsp3) is 0.550. The van der Waals surface area contributed by atoms with Gasteiger partial charge in [0.1, 0.15) is 13.8 Å². The standard InChI is InChI=1S/C20H28F3NOSSi/c1-13(2)27(14(3)4,15(5)6)26-17-8-7-16-9-10-24(12-20(21,22)23)19(25)18(16)11-17/h7-11,13-15H,12H2,1-6H3. The second kappa shape index (κ2) is 8.03. The van der Waals surface area contributed by atoms with Crippen molar-refractivity contribution in [3.05, 3.63) is 40.8 Å². The topological polar surface area (TPSA) is 22.0 Å². The normalized spacial score (nSPS) is 13.3. The summed E-state index contributed by atoms with van der Waals surface area (Å²) in [6, 6.07) is 7.20. The molecule has 0 bridgehead atoms. The Balaban J connectivity index is 2.54. The van der Waals surface area contributed by atoms with Gasteiger partial charge in [-0.1, -0.05) is 47.6 Å². The van der Waals surface area contributed by atoms with E-state index in [1.165, 1.54) is 6.20 Å². The van der Waals surface area contributed by atoms with Crippen molar-refractivity contribution in [2.45, 2.75) is 75.8 Å². The van der Waals surface area contributed by atoms with Crippen LogP contribution in [0.3, 0.4) is 0 Å². The predicted octanol–water partition coefficient (Wildman–Crippen LogP) is 6.83. The number of aromatic nitrogens is 1. The van der Waals surface area contributed by atoms with Gasteiger partial charge in [0.2, 0.25) is 0 Å². The molecule has 2 rings (SSSR count). The molecule has 0 fully saturated rings. The number of hydrogen-bond donors (Lipinski definition) is 0. The number of alkyl halides is 3. The molecule has 27 heavy (non-hydrogen) atoms. The van der Waals surface area contributed by atoms with Crippen LogP contribution in [0.5, 0.6) is 0 Å². The second-order valence-corrected chi connectivity index (χ2v) is 16.6. The van der Waals surface area contributed by atoms with E-state index >= 15 is 0 Å². The molecular formula is C20H28F3NOSSi. The summed E-state index contributed by atoms with van der Waals surface area (Å²) in [6.07, 6.45) is -3.20. The summed E-state index contributed by atoms with van der Waals surface area (Å²) in [5, 5.41) is 1.03. The fourth-order valence-electron chi connectivity index (χ4n) is 4.20. The first-order valence-electron chi connectivity index (χ1n) is 9.27. The average molecular weight is 416 g/mol. The van der Waals surface area contributed by atoms with E-state index in [9.17, 15) is 18.0 Å². The Kier molecular flexibility index (Phi) is 6.57. The Labute approximate surface area is 163 Å². The van der Waals surface area contributed by atoms with Gasteiger partial charge in [0.15, 0.2) is 0 Å². The first kappa shape index (κ1) is 22.1. The molecule has 0 atom stereocenters. The minimum Gasteiger partial charge on any atom is -0.306 e. The summed E-state index contributed by atoms with van der Waals surface area (Å²) in [5.41, 5.74) is 1.03. The highest BCUT2D eigenvalue weighted by Gasteiger charge is 2.44. The zero-order valence-corrected chi connectivity index (χ0v) is 18.5. The number of hydrogen-bond acceptors (Lipinski definition) is 2. The van der Waals surface area contributed by atoms with Crippen LogP contribution in [0.25, 0.3) is 10.8 Å². The van der Waals surface area contributed by atoms with Gasteiger partial charge in [-0.2, -0.15) is 24.4 Å². The molecule has 7 heteroatoms. The Bertz CT molecular complexity index is 837. The second-order valence-electron chi connectivity index (χ2n) is 8.03. The van der Waals surface area contributed by atoms with Crippen LogP contribution in [0.2, 0.25) is 16.6 Å². The summed E-state index contributed by atoms with van der Waals surface area (Å²) in [6.45, 7) is 12.3. The summed E-state index contributed by atoms with van der Waals surface area (Å²) >= 11 is 1.87. The first-order chi connectivity index (χ1) is 12.4. The van der Waals surface area contributed by atoms with Crippen molar-refractivity contribution in [2.75, 3.05) is 0 Å². The van der Waals surface area contributed by atoms with Crippen LogP contribution in [-0.2, 0) is 6.54 Å². The van der Waals surface area contributed by atoms with Crippen LogP contribution < -0.4 is 5.56 Å². The molecule has 1 aromatic heterocycles. The largest absolute Gasteiger partial charge is 0.406 e. The van der Waals surface area contributed by atoms with Crippen LogP contribution in [-0.4, -0.2) is 18.0 Å². The summed E-state index contributed by atoms with van der Waals surface area (Å²) in [5.74, 6) is 0. The SMILES string of the molecule is CC(C)[Si](Sc1ccc2ccn(CC(F)(F)F)c(=O)c2c1)(C(C)C)C(C)C. The van der Waals surface area contributed by atoms with E-state index in [4.69, 9.17) is 0 Å². The van der Waals surface area contributed by atoms with Crippen molar-refractivity contribution >= 4 is 29.2 Å². The van der Waals surface area contributed by atoms with Crippen molar-refractivity contribution in [3.63, 3.8) is 0 Å². The average Bonchev–Trinajstić information content (AvgIpc) is 2.53. The number of nitrogens with zero attached hydrogens (tertiary/aromatic N) is 1. The minimum absolute atomic E-state index is 0.353. The molecule has 2 aromatic rings. The zero-order valence-electron chi connectivity index (χ0n) is 16.7. The number of benzene rings is 1. The molecule has 0 aliphatic carbocycles. The monoisotopic (exact) mass is 415 g/mol. The molecule has 0 amide bonds. The molecular weight excluding hydrogens is 387 g/mol. The highest BCUT2D eigenvalue weighted by atomic mass is 32.4. The van der Waals surface area contributed by atoms with E-state index in [2.05, 4.69) is 41.5 Å². The lowest BCUT2D eigenvalue weighted by molar-refractivity contribution is -0.141. The van der Waals surface area contributed by atoms with Crippen LogP contribution in [0.4, 0.5) is 13.2 Å². The number of halogens is 3. The highest BCUT2D eigenvalue weighted by molar-refractivity contribution is 8.29. The number of rotatable bonds is 6. The Hall–Kier alpha value is -1.21. The van der Waals surface area contributed by atoms with E-state index in [0.717, 1.165) is 9.46 Å². The van der Waals surface area contributed by atoms with Crippen LogP contribution in [0.1, 0.15) is 41.5 Å². The van der Waals surface area contributed by atoms with Gasteiger partial charge >= 0.3 is 6.18 Å². The molecule has 0 spiro atoms. The minimum atomic E-state index is -4.42. The highest BCUT2D eigenvalue weighted by Crippen LogP contribution is 2.52. The molecule has 2 nitrogen and oxygen atoms in total. The lowest BCUT2D eigenvalue weighted by atomic mass is 10.2. The lowest BCUT2D eigenvalue weighted by Crippen LogP contribution is -2.40. The van der Waals surface area contributed by atoms with E-state index in [1.807, 2.05) is 23.3 Å². The van der Waals surface area contributed by atoms with E-state index in [-0.39, 0.29) is 0 Å². The molecule has 0 saturated heterocycles. The van der Waals surface area contributed by atoms with Gasteiger partial charge in [0, 0.05) is 16.5 Å². The van der Waals surface area contributed by atoms with Crippen LogP contribution in [0.15, 0.2) is 40.2 Å². The van der Waals surface area contributed by atoms with Crippen LogP contribution >= 0.6 is 11.2 Å². The van der Waals surface area contributed by atoms with Gasteiger partial charge in [-0.3, -0.25) is 4.79 Å². The third kappa shape index (κ3) is 4.62. The van der Waals surface area contributed by atoms with Gasteiger partial charge in [0.25, 0.3) is 5.56 Å². The lowest BCUT2D eigenvalue weighted by Gasteiger charge is -2.42. The van der Waals surface area contributed by atoms with Crippen molar-refractivity contribution in [1.29, 1.82) is 0 Å². The Morgan fingerprint density at radius 1 is 1.00 bits per heavy atom. The maximum absolute atomic E-state index is 12.7. The van der Waals surface area contributed by atoms with Gasteiger partial charge in [-0.05, 0) is 40.2 Å². The Morgan fingerprint density at radius 2 is 1.56 bits per heavy atom. The molecule has 0 N–H and O–H groups in total. The summed E-state index contributed by atoms with van der Waals surface area (Å²) < 4.78 is 38.9. The van der Waals surface area contributed by atoms with Crippen molar-refractivity contribution < 1.29 is 13.2 Å². The quantitative estimate of drug-likeness (QED) is 0.482. The zero-order chi connectivity index (χ0) is 20.6. The number of pyridine rings is 1. The molecule has 0 unspecified atom stereocenters. The smallest absolute Gasteiger partial charge is 0.306 e. The molecule has 0 radical (unpaired) electrons. The predicted molar refractivity (Wildman–Crippen MR) is 111 cm³/mol. The van der Waals surface area contributed by atoms with Crippen molar-refractivity contribution in [3.8, 4) is 0 Å². The Morgan fingerprint density at radius 3 is 2.04 bits per heavy atom. The van der Waals surface area contributed by atoms with E-state index < -0.39 is 25.5 Å². The fourth-order valence-corrected chi connectivity index (χ4v) is 13.4. The number of fused-ring (bicyclic) bond motifs is 1. The first-order valence-corrected chi connectivity index (χ1v) is 13.0. The van der Waals surface area contributed by atoms with Gasteiger partial charge in [-0.15, -0.1) is 0 Å². The third-order valence-electron chi connectivity index (χ3n) is 5.30. The van der Waals surface area contributed by atoms with Crippen molar-refractivity contribution in [2.24, 2.45) is 0 Å². The molecule has 1 heterocycles. The third-order valence-corrected chi connectivity index (χ3v) is 17.6. The van der Waals surface area contributed by atoms with Gasteiger partial charge in [-0.25, -0.2) is 0 Å². The van der Waals surface area contributed by atoms with Gasteiger partial charge < -0.3 is 4.57 Å². The molecule has 150 valence electrons. The maximum Gasteiger partial charge on any atom is 0.406 e. The molecule has 0 aliphatic rings. The maximum atomic E-state index is 12.7. The van der Waals surface area contributed by atoms with Crippen molar-refractivity contribution in [1.82, 2.24) is 4.57 Å². The van der Waals surface area contributed by atoms with E-state index in [0.29, 0.717) is 27.4 Å². The molecule has 1 aromatic carbocycles. The van der Waals surface area contributed by atoms with Gasteiger partial charge in [0.05, 0.1) is 0 Å². The summed E-state index contributed by atoms with van der Waals surface area (Å²) in [7, 11) is -1.80. The molecule has 0 saturated carbocycles.